The fourth-order valence-corrected chi connectivity index (χ4v) is 7.10. The first-order valence-corrected chi connectivity index (χ1v) is 12.2. The molecule has 28 heavy (non-hydrogen) atoms. The van der Waals surface area contributed by atoms with Gasteiger partial charge in [-0.25, -0.2) is 8.42 Å². The molecule has 1 aliphatic rings. The third-order valence-electron chi connectivity index (χ3n) is 4.61. The van der Waals surface area contributed by atoms with Crippen molar-refractivity contribution in [2.45, 2.75) is 4.21 Å². The number of carbonyl (C=O) groups is 1. The minimum Gasteiger partial charge on any atom is -0.335 e. The number of sulfonamides is 1. The smallest absolute Gasteiger partial charge is 0.264 e. The fourth-order valence-electron chi connectivity index (χ4n) is 3.16. The van der Waals surface area contributed by atoms with E-state index in [0.717, 1.165) is 22.5 Å². The molecule has 3 heterocycles. The number of hydrogen-bond donors (Lipinski definition) is 0. The lowest BCUT2D eigenvalue weighted by atomic mass is 10.1. The molecule has 0 saturated carbocycles. The van der Waals surface area contributed by atoms with Crippen LogP contribution in [0.5, 0.6) is 0 Å². The summed E-state index contributed by atoms with van der Waals surface area (Å²) in [4.78, 5) is 15.5. The Labute approximate surface area is 176 Å². The number of amides is 1. The van der Waals surface area contributed by atoms with Crippen molar-refractivity contribution in [1.82, 2.24) is 9.21 Å². The Morgan fingerprint density at radius 3 is 2.32 bits per heavy atom. The van der Waals surface area contributed by atoms with Crippen molar-refractivity contribution < 1.29 is 13.2 Å². The van der Waals surface area contributed by atoms with Crippen LogP contribution in [-0.4, -0.2) is 49.7 Å². The monoisotopic (exact) mass is 452 g/mol. The quantitative estimate of drug-likeness (QED) is 0.593. The van der Waals surface area contributed by atoms with Crippen LogP contribution in [0, 0.1) is 0 Å². The summed E-state index contributed by atoms with van der Waals surface area (Å²) in [5.41, 5.74) is 1.92. The molecule has 1 amide bonds. The van der Waals surface area contributed by atoms with Gasteiger partial charge < -0.3 is 4.90 Å². The van der Waals surface area contributed by atoms with Crippen LogP contribution in [0.4, 0.5) is 0 Å². The Bertz CT molecular complexity index is 1080. The number of nitrogens with zero attached hydrogens (tertiary/aromatic N) is 2. The van der Waals surface area contributed by atoms with Crippen LogP contribution in [-0.2, 0) is 10.0 Å². The second-order valence-corrected chi connectivity index (χ2v) is 11.1. The fraction of sp³-hybridized carbons (Fsp3) is 0.211. The Kier molecular flexibility index (Phi) is 5.57. The number of rotatable bonds is 4. The zero-order valence-corrected chi connectivity index (χ0v) is 18.0. The van der Waals surface area contributed by atoms with Gasteiger partial charge in [-0.2, -0.15) is 4.31 Å². The van der Waals surface area contributed by atoms with E-state index in [2.05, 4.69) is 0 Å². The molecule has 1 aliphatic heterocycles. The second-order valence-electron chi connectivity index (χ2n) is 6.28. The largest absolute Gasteiger partial charge is 0.335 e. The summed E-state index contributed by atoms with van der Waals surface area (Å²) in [6, 6.07) is 14.9. The molecule has 0 aliphatic carbocycles. The SMILES string of the molecule is O=C(c1sccc1-c1ccccc1)N1CCN(S(=O)(=O)c2ccc(Cl)s2)CC1. The molecule has 0 N–H and O–H groups in total. The van der Waals surface area contributed by atoms with Crippen LogP contribution in [0.15, 0.2) is 58.1 Å². The number of carbonyl (C=O) groups excluding carboxylic acids is 1. The van der Waals surface area contributed by atoms with Gasteiger partial charge in [-0.15, -0.1) is 22.7 Å². The molecule has 2 aromatic heterocycles. The molecule has 3 aromatic rings. The Hall–Kier alpha value is -1.71. The average molecular weight is 453 g/mol. The van der Waals surface area contributed by atoms with E-state index in [1.54, 1.807) is 11.0 Å². The molecule has 0 spiro atoms. The van der Waals surface area contributed by atoms with Gasteiger partial charge in [-0.3, -0.25) is 4.79 Å². The van der Waals surface area contributed by atoms with E-state index < -0.39 is 10.0 Å². The normalized spacial score (nSPS) is 15.7. The maximum atomic E-state index is 13.0. The molecule has 0 bridgehead atoms. The van der Waals surface area contributed by atoms with Gasteiger partial charge in [0.25, 0.3) is 15.9 Å². The van der Waals surface area contributed by atoms with E-state index in [-0.39, 0.29) is 23.2 Å². The first kappa shape index (κ1) is 19.6. The summed E-state index contributed by atoms with van der Waals surface area (Å²) < 4.78 is 27.5. The summed E-state index contributed by atoms with van der Waals surface area (Å²) in [5.74, 6) is -0.0509. The number of hydrogen-bond acceptors (Lipinski definition) is 5. The highest BCUT2D eigenvalue weighted by Crippen LogP contribution is 2.31. The molecule has 1 saturated heterocycles. The Balaban J connectivity index is 1.48. The van der Waals surface area contributed by atoms with Crippen molar-refractivity contribution in [2.75, 3.05) is 26.2 Å². The molecule has 0 atom stereocenters. The lowest BCUT2D eigenvalue weighted by Crippen LogP contribution is -2.50. The molecular weight excluding hydrogens is 436 g/mol. The highest BCUT2D eigenvalue weighted by atomic mass is 35.5. The maximum Gasteiger partial charge on any atom is 0.264 e. The first-order chi connectivity index (χ1) is 13.5. The minimum absolute atomic E-state index is 0.0509. The van der Waals surface area contributed by atoms with Gasteiger partial charge in [0.1, 0.15) is 4.21 Å². The van der Waals surface area contributed by atoms with Gasteiger partial charge in [0.05, 0.1) is 9.21 Å². The van der Waals surface area contributed by atoms with Gasteiger partial charge in [0.2, 0.25) is 0 Å². The highest BCUT2D eigenvalue weighted by Gasteiger charge is 2.32. The van der Waals surface area contributed by atoms with E-state index in [9.17, 15) is 13.2 Å². The molecule has 0 radical (unpaired) electrons. The Morgan fingerprint density at radius 1 is 0.964 bits per heavy atom. The molecule has 0 unspecified atom stereocenters. The molecular formula is C19H17ClN2O3S3. The van der Waals surface area contributed by atoms with E-state index in [1.807, 2.05) is 41.8 Å². The lowest BCUT2D eigenvalue weighted by Gasteiger charge is -2.33. The van der Waals surface area contributed by atoms with Crippen LogP contribution in [0.3, 0.4) is 0 Å². The van der Waals surface area contributed by atoms with Crippen LogP contribution in [0.2, 0.25) is 4.34 Å². The lowest BCUT2D eigenvalue weighted by molar-refractivity contribution is 0.0703. The van der Waals surface area contributed by atoms with Crippen LogP contribution < -0.4 is 0 Å². The average Bonchev–Trinajstić information content (AvgIpc) is 3.38. The predicted molar refractivity (Wildman–Crippen MR) is 114 cm³/mol. The Morgan fingerprint density at radius 2 is 1.68 bits per heavy atom. The molecule has 4 rings (SSSR count). The zero-order valence-electron chi connectivity index (χ0n) is 14.7. The van der Waals surface area contributed by atoms with Crippen molar-refractivity contribution in [3.8, 4) is 11.1 Å². The van der Waals surface area contributed by atoms with Gasteiger partial charge >= 0.3 is 0 Å². The summed E-state index contributed by atoms with van der Waals surface area (Å²) in [6.45, 7) is 1.28. The number of halogens is 1. The molecule has 1 fully saturated rings. The van der Waals surface area contributed by atoms with Crippen molar-refractivity contribution >= 4 is 50.2 Å². The number of thiophene rings is 2. The van der Waals surface area contributed by atoms with Gasteiger partial charge in [-0.1, -0.05) is 41.9 Å². The van der Waals surface area contributed by atoms with Crippen molar-refractivity contribution in [1.29, 1.82) is 0 Å². The predicted octanol–water partition coefficient (Wildman–Crippen LogP) is 4.28. The third kappa shape index (κ3) is 3.75. The number of benzene rings is 1. The van der Waals surface area contributed by atoms with Crippen LogP contribution in [0.25, 0.3) is 11.1 Å². The van der Waals surface area contributed by atoms with Crippen LogP contribution >= 0.6 is 34.3 Å². The third-order valence-corrected chi connectivity index (χ3v) is 9.11. The van der Waals surface area contributed by atoms with E-state index in [4.69, 9.17) is 11.6 Å². The van der Waals surface area contributed by atoms with Crippen molar-refractivity contribution in [3.63, 3.8) is 0 Å². The minimum atomic E-state index is -3.56. The number of piperazine rings is 1. The highest BCUT2D eigenvalue weighted by molar-refractivity contribution is 7.91. The first-order valence-electron chi connectivity index (χ1n) is 8.64. The van der Waals surface area contributed by atoms with E-state index in [0.29, 0.717) is 22.3 Å². The van der Waals surface area contributed by atoms with Crippen molar-refractivity contribution in [3.05, 3.63) is 63.1 Å². The summed E-state index contributed by atoms with van der Waals surface area (Å²) in [5, 5.41) is 1.91. The summed E-state index contributed by atoms with van der Waals surface area (Å²) in [6.07, 6.45) is 0. The summed E-state index contributed by atoms with van der Waals surface area (Å²) >= 11 is 8.34. The van der Waals surface area contributed by atoms with E-state index >= 15 is 0 Å². The second kappa shape index (κ2) is 7.96. The summed E-state index contributed by atoms with van der Waals surface area (Å²) in [7, 11) is -3.56. The molecule has 5 nitrogen and oxygen atoms in total. The van der Waals surface area contributed by atoms with Gasteiger partial charge in [0, 0.05) is 31.7 Å². The zero-order chi connectivity index (χ0) is 19.7. The van der Waals surface area contributed by atoms with Gasteiger partial charge in [0.15, 0.2) is 0 Å². The maximum absolute atomic E-state index is 13.0. The molecule has 146 valence electrons. The van der Waals surface area contributed by atoms with Gasteiger partial charge in [-0.05, 0) is 29.1 Å². The van der Waals surface area contributed by atoms with E-state index in [1.165, 1.54) is 21.7 Å². The topological polar surface area (TPSA) is 57.7 Å². The van der Waals surface area contributed by atoms with Crippen LogP contribution in [0.1, 0.15) is 9.67 Å². The molecule has 9 heteroatoms. The standard InChI is InChI=1S/C19H17ClN2O3S3/c20-16-6-7-17(27-16)28(24,25)22-11-9-21(10-12-22)19(23)18-15(8-13-26-18)14-4-2-1-3-5-14/h1-8,13H,9-12H2. The van der Waals surface area contributed by atoms with Crippen molar-refractivity contribution in [2.24, 2.45) is 0 Å². The molecule has 1 aromatic carbocycles.